The molecule has 0 aromatic heterocycles. The Labute approximate surface area is 186 Å². The van der Waals surface area contributed by atoms with Crippen molar-refractivity contribution in [2.45, 2.75) is 32.1 Å². The molecular formula is C25H26N2O5. The Morgan fingerprint density at radius 3 is 2.44 bits per heavy atom. The summed E-state index contributed by atoms with van der Waals surface area (Å²) in [5.41, 5.74) is 3.44. The normalized spacial score (nSPS) is 20.3. The number of anilines is 1. The third-order valence-electron chi connectivity index (χ3n) is 6.05. The van der Waals surface area contributed by atoms with Gasteiger partial charge in [0.05, 0.1) is 25.8 Å². The molecule has 2 aliphatic rings. The van der Waals surface area contributed by atoms with Gasteiger partial charge in [-0.1, -0.05) is 18.2 Å². The van der Waals surface area contributed by atoms with E-state index in [2.05, 4.69) is 10.6 Å². The smallest absolute Gasteiger partial charge is 0.232 e. The maximum absolute atomic E-state index is 13.2. The molecule has 0 unspecified atom stereocenters. The van der Waals surface area contributed by atoms with E-state index in [0.717, 1.165) is 16.9 Å². The van der Waals surface area contributed by atoms with Crippen molar-refractivity contribution in [3.63, 3.8) is 0 Å². The van der Waals surface area contributed by atoms with Crippen molar-refractivity contribution >= 4 is 23.3 Å². The molecule has 7 heteroatoms. The van der Waals surface area contributed by atoms with Crippen molar-refractivity contribution < 1.29 is 23.9 Å². The first kappa shape index (κ1) is 21.6. The number of hydrogen-bond acceptors (Lipinski definition) is 5. The number of ether oxygens (including phenoxy) is 2. The van der Waals surface area contributed by atoms with Gasteiger partial charge < -0.3 is 20.1 Å². The maximum atomic E-state index is 13.2. The van der Waals surface area contributed by atoms with Gasteiger partial charge in [0, 0.05) is 24.1 Å². The van der Waals surface area contributed by atoms with E-state index in [1.807, 2.05) is 37.3 Å². The van der Waals surface area contributed by atoms with Crippen LogP contribution in [0.25, 0.3) is 0 Å². The summed E-state index contributed by atoms with van der Waals surface area (Å²) in [7, 11) is 3.13. The number of ketones is 1. The predicted molar refractivity (Wildman–Crippen MR) is 120 cm³/mol. The lowest BCUT2D eigenvalue weighted by atomic mass is 9.75. The number of carbonyl (C=O) groups excluding carboxylic acids is 3. The highest BCUT2D eigenvalue weighted by molar-refractivity contribution is 6.09. The highest BCUT2D eigenvalue weighted by Crippen LogP contribution is 2.40. The van der Waals surface area contributed by atoms with Crippen molar-refractivity contribution in [2.75, 3.05) is 19.5 Å². The van der Waals surface area contributed by atoms with Gasteiger partial charge in [-0.15, -0.1) is 0 Å². The molecule has 166 valence electrons. The molecule has 0 fully saturated rings. The van der Waals surface area contributed by atoms with E-state index < -0.39 is 5.92 Å². The molecule has 2 atom stereocenters. The SMILES string of the molecule is COc1ccc([C@@H]2CC(=O)C3=C(C2)NC(=O)C[C@@H]3C(=O)Nc2cc(C)ccc2OC)cc1. The van der Waals surface area contributed by atoms with Crippen LogP contribution in [0, 0.1) is 12.8 Å². The van der Waals surface area contributed by atoms with Crippen LogP contribution in [0.1, 0.15) is 36.3 Å². The summed E-state index contributed by atoms with van der Waals surface area (Å²) in [5.74, 6) is -0.378. The molecule has 0 radical (unpaired) electrons. The molecule has 2 aromatic carbocycles. The number of nitrogens with one attached hydrogen (secondary N) is 2. The standard InChI is InChI=1S/C25H26N2O5/c1-14-4-9-22(32-3)19(10-14)27-25(30)18-13-23(29)26-20-11-16(12-21(28)24(18)20)15-5-7-17(31-2)8-6-15/h4-10,16,18H,11-13H2,1-3H3,(H,26,29)(H,27,30)/t16-,18-/m0/s1. The molecule has 1 heterocycles. The van der Waals surface area contributed by atoms with Crippen LogP contribution in [-0.4, -0.2) is 31.8 Å². The third-order valence-corrected chi connectivity index (χ3v) is 6.05. The van der Waals surface area contributed by atoms with Crippen molar-refractivity contribution in [2.24, 2.45) is 5.92 Å². The minimum atomic E-state index is -0.826. The summed E-state index contributed by atoms with van der Waals surface area (Å²) in [4.78, 5) is 38.7. The van der Waals surface area contributed by atoms with Crippen LogP contribution < -0.4 is 20.1 Å². The number of hydrogen-bond donors (Lipinski definition) is 2. The molecule has 2 amide bonds. The molecule has 1 aliphatic carbocycles. The first-order valence-electron chi connectivity index (χ1n) is 10.5. The van der Waals surface area contributed by atoms with Crippen LogP contribution in [0.4, 0.5) is 5.69 Å². The predicted octanol–water partition coefficient (Wildman–Crippen LogP) is 3.49. The van der Waals surface area contributed by atoms with E-state index in [-0.39, 0.29) is 29.9 Å². The Hall–Kier alpha value is -3.61. The fourth-order valence-electron chi connectivity index (χ4n) is 4.44. The fourth-order valence-corrected chi connectivity index (χ4v) is 4.44. The third kappa shape index (κ3) is 4.23. The molecule has 0 bridgehead atoms. The highest BCUT2D eigenvalue weighted by Gasteiger charge is 2.40. The number of aryl methyl sites for hydroxylation is 1. The Balaban J connectivity index is 1.60. The van der Waals surface area contributed by atoms with Crippen LogP contribution in [0.3, 0.4) is 0 Å². The van der Waals surface area contributed by atoms with E-state index in [1.54, 1.807) is 19.2 Å². The number of allylic oxidation sites excluding steroid dienone is 1. The molecule has 2 aromatic rings. The van der Waals surface area contributed by atoms with E-state index >= 15 is 0 Å². The summed E-state index contributed by atoms with van der Waals surface area (Å²) in [5, 5.41) is 5.70. The summed E-state index contributed by atoms with van der Waals surface area (Å²) in [6, 6.07) is 13.0. The van der Waals surface area contributed by atoms with Gasteiger partial charge >= 0.3 is 0 Å². The summed E-state index contributed by atoms with van der Waals surface area (Å²) < 4.78 is 10.5. The lowest BCUT2D eigenvalue weighted by molar-refractivity contribution is -0.129. The zero-order valence-corrected chi connectivity index (χ0v) is 18.4. The molecule has 0 saturated carbocycles. The number of rotatable bonds is 5. The van der Waals surface area contributed by atoms with Crippen LogP contribution in [0.5, 0.6) is 11.5 Å². The van der Waals surface area contributed by atoms with Crippen LogP contribution in [-0.2, 0) is 14.4 Å². The Morgan fingerprint density at radius 2 is 1.75 bits per heavy atom. The number of Topliss-reactive ketones (excluding diaryl/α,β-unsaturated/α-hetero) is 1. The number of amides is 2. The Morgan fingerprint density at radius 1 is 1.00 bits per heavy atom. The molecule has 4 rings (SSSR count). The first-order valence-corrected chi connectivity index (χ1v) is 10.5. The van der Waals surface area contributed by atoms with Gasteiger partial charge in [0.1, 0.15) is 11.5 Å². The monoisotopic (exact) mass is 434 g/mol. The van der Waals surface area contributed by atoms with E-state index in [4.69, 9.17) is 9.47 Å². The van der Waals surface area contributed by atoms with Crippen molar-refractivity contribution in [1.29, 1.82) is 0 Å². The number of methoxy groups -OCH3 is 2. The van der Waals surface area contributed by atoms with Crippen LogP contribution in [0.15, 0.2) is 53.7 Å². The van der Waals surface area contributed by atoms with E-state index in [1.165, 1.54) is 7.11 Å². The highest BCUT2D eigenvalue weighted by atomic mass is 16.5. The molecule has 7 nitrogen and oxygen atoms in total. The molecule has 0 saturated heterocycles. The number of benzene rings is 2. The second-order valence-corrected chi connectivity index (χ2v) is 8.19. The van der Waals surface area contributed by atoms with Gasteiger partial charge in [-0.3, -0.25) is 14.4 Å². The molecule has 2 N–H and O–H groups in total. The Kier molecular flexibility index (Phi) is 5.99. The first-order chi connectivity index (χ1) is 15.4. The second kappa shape index (κ2) is 8.86. The van der Waals surface area contributed by atoms with Gasteiger partial charge in [0.25, 0.3) is 0 Å². The summed E-state index contributed by atoms with van der Waals surface area (Å²) in [6.45, 7) is 1.91. The zero-order chi connectivity index (χ0) is 22.8. The van der Waals surface area contributed by atoms with Gasteiger partial charge in [0.15, 0.2) is 5.78 Å². The van der Waals surface area contributed by atoms with Gasteiger partial charge in [-0.05, 0) is 54.7 Å². The van der Waals surface area contributed by atoms with Crippen molar-refractivity contribution in [3.8, 4) is 11.5 Å². The van der Waals surface area contributed by atoms with Gasteiger partial charge in [-0.25, -0.2) is 0 Å². The molecule has 1 aliphatic heterocycles. The molecule has 0 spiro atoms. The van der Waals surface area contributed by atoms with E-state index in [9.17, 15) is 14.4 Å². The quantitative estimate of drug-likeness (QED) is 0.751. The van der Waals surface area contributed by atoms with Gasteiger partial charge in [-0.2, -0.15) is 0 Å². The summed E-state index contributed by atoms with van der Waals surface area (Å²) in [6.07, 6.45) is 0.729. The lowest BCUT2D eigenvalue weighted by Gasteiger charge is -2.33. The average Bonchev–Trinajstić information content (AvgIpc) is 2.78. The minimum absolute atomic E-state index is 0.0578. The minimum Gasteiger partial charge on any atom is -0.497 e. The van der Waals surface area contributed by atoms with E-state index in [0.29, 0.717) is 35.5 Å². The van der Waals surface area contributed by atoms with Crippen molar-refractivity contribution in [3.05, 3.63) is 64.9 Å². The number of carbonyl (C=O) groups is 3. The van der Waals surface area contributed by atoms with Crippen LogP contribution in [0.2, 0.25) is 0 Å². The zero-order valence-electron chi connectivity index (χ0n) is 18.4. The van der Waals surface area contributed by atoms with Gasteiger partial charge in [0.2, 0.25) is 11.8 Å². The topological polar surface area (TPSA) is 93.7 Å². The maximum Gasteiger partial charge on any atom is 0.232 e. The summed E-state index contributed by atoms with van der Waals surface area (Å²) >= 11 is 0. The molecule has 32 heavy (non-hydrogen) atoms. The molecular weight excluding hydrogens is 408 g/mol. The van der Waals surface area contributed by atoms with Crippen molar-refractivity contribution in [1.82, 2.24) is 5.32 Å². The Bertz CT molecular complexity index is 1100. The lowest BCUT2D eigenvalue weighted by Crippen LogP contribution is -2.43. The fraction of sp³-hybridized carbons (Fsp3) is 0.320. The van der Waals surface area contributed by atoms with Crippen LogP contribution >= 0.6 is 0 Å². The average molecular weight is 434 g/mol. The largest absolute Gasteiger partial charge is 0.497 e. The second-order valence-electron chi connectivity index (χ2n) is 8.19.